The van der Waals surface area contributed by atoms with E-state index in [4.69, 9.17) is 11.6 Å². The van der Waals surface area contributed by atoms with Crippen LogP contribution >= 0.6 is 11.6 Å². The van der Waals surface area contributed by atoms with Crippen LogP contribution in [0.2, 0.25) is 0 Å². The topological polar surface area (TPSA) is 43.1 Å². The van der Waals surface area contributed by atoms with E-state index >= 15 is 0 Å². The highest BCUT2D eigenvalue weighted by Gasteiger charge is 1.99. The molecule has 4 heteroatoms. The molecule has 0 radical (unpaired) electrons. The summed E-state index contributed by atoms with van der Waals surface area (Å²) in [5.74, 6) is 0. The second kappa shape index (κ2) is 3.37. The van der Waals surface area contributed by atoms with Gasteiger partial charge < -0.3 is 4.42 Å². The van der Waals surface area contributed by atoms with Crippen LogP contribution in [0.3, 0.4) is 0 Å². The maximum absolute atomic E-state index is 10.2. The number of oxazole rings is 1. The van der Waals surface area contributed by atoms with Gasteiger partial charge in [-0.3, -0.25) is 4.79 Å². The van der Waals surface area contributed by atoms with Crippen LogP contribution in [-0.2, 0) is 11.2 Å². The minimum absolute atomic E-state index is 0.314. The van der Waals surface area contributed by atoms with E-state index in [1.807, 2.05) is 0 Å². The van der Waals surface area contributed by atoms with E-state index in [-0.39, 0.29) is 5.24 Å². The lowest BCUT2D eigenvalue weighted by molar-refractivity contribution is -0.111. The Bertz CT molecular complexity index is 208. The molecule has 0 bridgehead atoms. The maximum atomic E-state index is 10.2. The zero-order chi connectivity index (χ0) is 7.40. The Kier molecular flexibility index (Phi) is 2.45. The summed E-state index contributed by atoms with van der Waals surface area (Å²) in [5.41, 5.74) is 0.758. The molecular weight excluding hydrogens is 154 g/mol. The normalized spacial score (nSPS) is 9.70. The van der Waals surface area contributed by atoms with Crippen molar-refractivity contribution >= 4 is 16.8 Å². The van der Waals surface area contributed by atoms with Gasteiger partial charge in [0, 0.05) is 12.8 Å². The minimum atomic E-state index is -0.344. The van der Waals surface area contributed by atoms with E-state index in [0.717, 1.165) is 5.69 Å². The van der Waals surface area contributed by atoms with Gasteiger partial charge in [0.05, 0.1) is 5.69 Å². The number of aromatic nitrogens is 1. The first-order valence-corrected chi connectivity index (χ1v) is 3.22. The zero-order valence-electron chi connectivity index (χ0n) is 5.21. The molecule has 1 heterocycles. The van der Waals surface area contributed by atoms with Crippen molar-refractivity contribution in [3.05, 3.63) is 18.4 Å². The van der Waals surface area contributed by atoms with Crippen molar-refractivity contribution in [3.8, 4) is 0 Å². The monoisotopic (exact) mass is 159 g/mol. The number of hydrogen-bond donors (Lipinski definition) is 0. The molecule has 0 aromatic carbocycles. The maximum Gasteiger partial charge on any atom is 0.222 e. The quantitative estimate of drug-likeness (QED) is 0.626. The zero-order valence-corrected chi connectivity index (χ0v) is 5.97. The van der Waals surface area contributed by atoms with Gasteiger partial charge in [-0.15, -0.1) is 0 Å². The Morgan fingerprint density at radius 1 is 1.80 bits per heavy atom. The highest BCUT2D eigenvalue weighted by Crippen LogP contribution is 2.00. The van der Waals surface area contributed by atoms with Crippen molar-refractivity contribution in [3.63, 3.8) is 0 Å². The molecule has 0 atom stereocenters. The van der Waals surface area contributed by atoms with E-state index in [9.17, 15) is 4.79 Å². The number of nitrogens with zero attached hydrogens (tertiary/aromatic N) is 1. The molecule has 0 fully saturated rings. The van der Waals surface area contributed by atoms with Crippen LogP contribution < -0.4 is 0 Å². The Morgan fingerprint density at radius 2 is 2.60 bits per heavy atom. The number of rotatable bonds is 3. The van der Waals surface area contributed by atoms with Gasteiger partial charge in [0.15, 0.2) is 6.39 Å². The van der Waals surface area contributed by atoms with E-state index in [0.29, 0.717) is 12.8 Å². The third-order valence-electron chi connectivity index (χ3n) is 1.06. The molecular formula is C6H6ClNO2. The van der Waals surface area contributed by atoms with Crippen LogP contribution in [0.5, 0.6) is 0 Å². The smallest absolute Gasteiger partial charge is 0.222 e. The van der Waals surface area contributed by atoms with E-state index in [2.05, 4.69) is 9.40 Å². The second-order valence-corrected chi connectivity index (χ2v) is 2.26. The summed E-state index contributed by atoms with van der Waals surface area (Å²) in [4.78, 5) is 14.1. The molecule has 0 unspecified atom stereocenters. The molecule has 1 rings (SSSR count). The average molecular weight is 160 g/mol. The van der Waals surface area contributed by atoms with Crippen molar-refractivity contribution in [2.75, 3.05) is 0 Å². The molecule has 0 saturated heterocycles. The average Bonchev–Trinajstić information content (AvgIpc) is 2.34. The minimum Gasteiger partial charge on any atom is -0.451 e. The van der Waals surface area contributed by atoms with Crippen molar-refractivity contribution in [1.29, 1.82) is 0 Å². The fourth-order valence-electron chi connectivity index (χ4n) is 0.587. The summed E-state index contributed by atoms with van der Waals surface area (Å²) in [5, 5.41) is -0.344. The van der Waals surface area contributed by atoms with Crippen LogP contribution in [0.15, 0.2) is 17.1 Å². The van der Waals surface area contributed by atoms with Crippen molar-refractivity contribution in [2.45, 2.75) is 12.8 Å². The van der Waals surface area contributed by atoms with Gasteiger partial charge in [-0.05, 0) is 11.6 Å². The molecule has 1 aromatic rings. The van der Waals surface area contributed by atoms with Crippen LogP contribution in [0.4, 0.5) is 0 Å². The van der Waals surface area contributed by atoms with Gasteiger partial charge in [0.2, 0.25) is 5.24 Å². The van der Waals surface area contributed by atoms with Crippen molar-refractivity contribution in [2.24, 2.45) is 0 Å². The summed E-state index contributed by atoms with van der Waals surface area (Å²) < 4.78 is 4.68. The van der Waals surface area contributed by atoms with Crippen LogP contribution in [-0.4, -0.2) is 10.2 Å². The summed E-state index contributed by atoms with van der Waals surface area (Å²) in [7, 11) is 0. The molecule has 0 spiro atoms. The SMILES string of the molecule is O=C(Cl)CCc1cocn1. The Balaban J connectivity index is 2.35. The Labute approximate surface area is 63.0 Å². The molecule has 0 aliphatic rings. The first-order valence-electron chi connectivity index (χ1n) is 2.84. The fourth-order valence-corrected chi connectivity index (χ4v) is 0.682. The van der Waals surface area contributed by atoms with Gasteiger partial charge in [-0.1, -0.05) is 0 Å². The van der Waals surface area contributed by atoms with Gasteiger partial charge in [-0.2, -0.15) is 0 Å². The van der Waals surface area contributed by atoms with E-state index in [1.54, 1.807) is 0 Å². The second-order valence-electron chi connectivity index (χ2n) is 1.83. The highest BCUT2D eigenvalue weighted by atomic mass is 35.5. The van der Waals surface area contributed by atoms with Crippen LogP contribution in [0, 0.1) is 0 Å². The Hall–Kier alpha value is -0.830. The standard InChI is InChI=1S/C6H6ClNO2/c7-6(9)2-1-5-3-10-4-8-5/h3-4H,1-2H2. The molecule has 0 aliphatic heterocycles. The van der Waals surface area contributed by atoms with Crippen molar-refractivity contribution < 1.29 is 9.21 Å². The highest BCUT2D eigenvalue weighted by molar-refractivity contribution is 6.63. The van der Waals surface area contributed by atoms with Gasteiger partial charge in [0.25, 0.3) is 0 Å². The van der Waals surface area contributed by atoms with Crippen LogP contribution in [0.25, 0.3) is 0 Å². The van der Waals surface area contributed by atoms with Crippen molar-refractivity contribution in [1.82, 2.24) is 4.98 Å². The lowest BCUT2D eigenvalue weighted by Gasteiger charge is -1.86. The number of carbonyl (C=O) groups excluding carboxylic acids is 1. The predicted molar refractivity (Wildman–Crippen MR) is 35.7 cm³/mol. The summed E-state index contributed by atoms with van der Waals surface area (Å²) in [6.45, 7) is 0. The molecule has 3 nitrogen and oxygen atoms in total. The third-order valence-corrected chi connectivity index (χ3v) is 1.25. The molecule has 0 aliphatic carbocycles. The lowest BCUT2D eigenvalue weighted by Crippen LogP contribution is -1.90. The number of carbonyl (C=O) groups is 1. The largest absolute Gasteiger partial charge is 0.451 e. The molecule has 1 aromatic heterocycles. The van der Waals surface area contributed by atoms with Gasteiger partial charge in [0.1, 0.15) is 6.26 Å². The lowest BCUT2D eigenvalue weighted by atomic mass is 10.3. The Morgan fingerprint density at radius 3 is 3.10 bits per heavy atom. The molecule has 0 amide bonds. The third kappa shape index (κ3) is 2.19. The van der Waals surface area contributed by atoms with Gasteiger partial charge >= 0.3 is 0 Å². The summed E-state index contributed by atoms with van der Waals surface area (Å²) in [6, 6.07) is 0. The number of hydrogen-bond acceptors (Lipinski definition) is 3. The molecule has 0 N–H and O–H groups in total. The molecule has 10 heavy (non-hydrogen) atoms. The van der Waals surface area contributed by atoms with E-state index < -0.39 is 0 Å². The van der Waals surface area contributed by atoms with Crippen LogP contribution in [0.1, 0.15) is 12.1 Å². The fraction of sp³-hybridized carbons (Fsp3) is 0.333. The molecule has 0 saturated carbocycles. The molecule has 54 valence electrons. The summed E-state index contributed by atoms with van der Waals surface area (Å²) >= 11 is 5.10. The number of halogens is 1. The number of aryl methyl sites for hydroxylation is 1. The predicted octanol–water partition coefficient (Wildman–Crippen LogP) is 1.37. The first kappa shape index (κ1) is 7.28. The summed E-state index contributed by atoms with van der Waals surface area (Å²) in [6.07, 6.45) is 3.70. The van der Waals surface area contributed by atoms with Gasteiger partial charge in [-0.25, -0.2) is 4.98 Å². The van der Waals surface area contributed by atoms with E-state index in [1.165, 1.54) is 12.7 Å². The first-order chi connectivity index (χ1) is 4.79.